The van der Waals surface area contributed by atoms with Gasteiger partial charge < -0.3 is 24.8 Å². The van der Waals surface area contributed by atoms with Gasteiger partial charge in [0.2, 0.25) is 5.91 Å². The van der Waals surface area contributed by atoms with E-state index in [0.29, 0.717) is 11.6 Å². The van der Waals surface area contributed by atoms with Crippen LogP contribution < -0.4 is 10.6 Å². The third-order valence-electron chi connectivity index (χ3n) is 3.27. The maximum Gasteiger partial charge on any atom is 0.328 e. The van der Waals surface area contributed by atoms with Gasteiger partial charge in [0.25, 0.3) is 0 Å². The molecule has 24 heavy (non-hydrogen) atoms. The van der Waals surface area contributed by atoms with Crippen molar-refractivity contribution in [3.8, 4) is 0 Å². The first-order valence-corrected chi connectivity index (χ1v) is 7.75. The Hall–Kier alpha value is -1.67. The van der Waals surface area contributed by atoms with Gasteiger partial charge in [-0.15, -0.1) is 0 Å². The molecule has 1 amide bonds. The van der Waals surface area contributed by atoms with Crippen LogP contribution in [0.2, 0.25) is 5.02 Å². The highest BCUT2D eigenvalue weighted by atomic mass is 35.5. The fourth-order valence-electron chi connectivity index (χ4n) is 2.05. The predicted octanol–water partition coefficient (Wildman–Crippen LogP) is 0.749. The van der Waals surface area contributed by atoms with Crippen LogP contribution in [0.25, 0.3) is 0 Å². The molecule has 1 aromatic carbocycles. The fraction of sp³-hybridized carbons (Fsp3) is 0.500. The highest BCUT2D eigenvalue weighted by Crippen LogP contribution is 2.12. The molecule has 0 aliphatic rings. The Morgan fingerprint density at radius 3 is 2.50 bits per heavy atom. The van der Waals surface area contributed by atoms with Gasteiger partial charge >= 0.3 is 5.97 Å². The number of ether oxygens (including phenoxy) is 3. The molecule has 0 aromatic heterocycles. The van der Waals surface area contributed by atoms with Gasteiger partial charge in [-0.2, -0.15) is 0 Å². The Bertz CT molecular complexity index is 537. The minimum Gasteiger partial charge on any atom is -0.467 e. The summed E-state index contributed by atoms with van der Waals surface area (Å²) < 4.78 is 14.8. The van der Waals surface area contributed by atoms with Crippen LogP contribution in [-0.2, 0) is 30.2 Å². The van der Waals surface area contributed by atoms with Crippen LogP contribution in [-0.4, -0.2) is 58.6 Å². The Kier molecular flexibility index (Phi) is 9.33. The molecule has 0 radical (unpaired) electrons. The van der Waals surface area contributed by atoms with Crippen molar-refractivity contribution in [2.24, 2.45) is 0 Å². The fourth-order valence-corrected chi connectivity index (χ4v) is 2.26. The minimum atomic E-state index is -0.789. The van der Waals surface area contributed by atoms with Gasteiger partial charge in [-0.25, -0.2) is 4.79 Å². The van der Waals surface area contributed by atoms with Gasteiger partial charge in [0.05, 0.1) is 13.7 Å². The number of carbonyl (C=O) groups is 2. The highest BCUT2D eigenvalue weighted by molar-refractivity contribution is 6.30. The molecule has 0 saturated carbocycles. The summed E-state index contributed by atoms with van der Waals surface area (Å²) in [5, 5.41) is 6.10. The zero-order chi connectivity index (χ0) is 17.9. The minimum absolute atomic E-state index is 0.0201. The summed E-state index contributed by atoms with van der Waals surface area (Å²) in [6.45, 7) is 0.365. The van der Waals surface area contributed by atoms with E-state index in [4.69, 9.17) is 25.8 Å². The van der Waals surface area contributed by atoms with Crippen molar-refractivity contribution in [1.82, 2.24) is 10.6 Å². The summed E-state index contributed by atoms with van der Waals surface area (Å²) >= 11 is 5.94. The lowest BCUT2D eigenvalue weighted by Crippen LogP contribution is -2.47. The number of benzene rings is 1. The molecule has 0 unspecified atom stereocenters. The lowest BCUT2D eigenvalue weighted by Gasteiger charge is -2.18. The van der Waals surface area contributed by atoms with E-state index in [2.05, 4.69) is 10.6 Å². The second-order valence-electron chi connectivity index (χ2n) is 5.01. The molecule has 8 heteroatoms. The van der Waals surface area contributed by atoms with Crippen molar-refractivity contribution in [2.45, 2.75) is 18.8 Å². The number of hydrogen-bond donors (Lipinski definition) is 2. The van der Waals surface area contributed by atoms with Gasteiger partial charge in [-0.05, 0) is 17.7 Å². The van der Waals surface area contributed by atoms with Crippen LogP contribution in [0.15, 0.2) is 24.3 Å². The van der Waals surface area contributed by atoms with Crippen molar-refractivity contribution >= 4 is 23.5 Å². The second-order valence-corrected chi connectivity index (χ2v) is 5.45. The number of methoxy groups -OCH3 is 3. The third-order valence-corrected chi connectivity index (χ3v) is 3.51. The Balaban J connectivity index is 2.56. The first-order valence-electron chi connectivity index (χ1n) is 7.38. The normalized spacial score (nSPS) is 12.0. The van der Waals surface area contributed by atoms with E-state index >= 15 is 0 Å². The molecule has 134 valence electrons. The standard InChI is InChI=1S/C16H23ClN2O5/c1-22-15(23-2)10-18-9-14(20)19-13(16(21)24-3)8-11-5-4-6-12(17)7-11/h4-7,13,15,18H,8-10H2,1-3H3,(H,19,20)/t13-/m1/s1. The molecule has 0 bridgehead atoms. The van der Waals surface area contributed by atoms with E-state index in [9.17, 15) is 9.59 Å². The van der Waals surface area contributed by atoms with Crippen LogP contribution in [0.4, 0.5) is 0 Å². The second kappa shape index (κ2) is 11.0. The van der Waals surface area contributed by atoms with Gasteiger partial charge in [-0.3, -0.25) is 4.79 Å². The van der Waals surface area contributed by atoms with Gasteiger partial charge in [0, 0.05) is 32.2 Å². The third kappa shape index (κ3) is 7.27. The van der Waals surface area contributed by atoms with Crippen LogP contribution in [0.5, 0.6) is 0 Å². The molecule has 0 aliphatic carbocycles. The molecule has 0 aliphatic heterocycles. The SMILES string of the molecule is COC(=O)[C@@H](Cc1cccc(Cl)c1)NC(=O)CNCC(OC)OC. The summed E-state index contributed by atoms with van der Waals surface area (Å²) in [7, 11) is 4.29. The summed E-state index contributed by atoms with van der Waals surface area (Å²) in [4.78, 5) is 23.9. The average Bonchev–Trinajstić information content (AvgIpc) is 2.57. The Morgan fingerprint density at radius 2 is 1.92 bits per heavy atom. The van der Waals surface area contributed by atoms with Gasteiger partial charge in [-0.1, -0.05) is 23.7 Å². The summed E-state index contributed by atoms with van der Waals surface area (Å²) in [6, 6.07) is 6.30. The lowest BCUT2D eigenvalue weighted by molar-refractivity contribution is -0.145. The average molecular weight is 359 g/mol. The topological polar surface area (TPSA) is 85.9 Å². The number of esters is 1. The number of hydrogen-bond acceptors (Lipinski definition) is 6. The number of amides is 1. The van der Waals surface area contributed by atoms with E-state index < -0.39 is 18.3 Å². The molecule has 2 N–H and O–H groups in total. The molecule has 0 heterocycles. The number of nitrogens with one attached hydrogen (secondary N) is 2. The van der Waals surface area contributed by atoms with E-state index in [-0.39, 0.29) is 18.9 Å². The van der Waals surface area contributed by atoms with Crippen molar-refractivity contribution in [1.29, 1.82) is 0 Å². The van der Waals surface area contributed by atoms with Crippen molar-refractivity contribution in [2.75, 3.05) is 34.4 Å². The van der Waals surface area contributed by atoms with Crippen molar-refractivity contribution in [3.63, 3.8) is 0 Å². The van der Waals surface area contributed by atoms with Crippen molar-refractivity contribution in [3.05, 3.63) is 34.9 Å². The Morgan fingerprint density at radius 1 is 1.21 bits per heavy atom. The first kappa shape index (κ1) is 20.4. The molecule has 7 nitrogen and oxygen atoms in total. The Labute approximate surface area is 146 Å². The summed E-state index contributed by atoms with van der Waals surface area (Å²) in [5.41, 5.74) is 0.824. The zero-order valence-corrected chi connectivity index (χ0v) is 14.8. The molecular weight excluding hydrogens is 336 g/mol. The first-order chi connectivity index (χ1) is 11.5. The maximum absolute atomic E-state index is 12.0. The molecule has 0 spiro atoms. The van der Waals surface area contributed by atoms with Crippen LogP contribution in [0, 0.1) is 0 Å². The van der Waals surface area contributed by atoms with Crippen LogP contribution in [0.1, 0.15) is 5.56 Å². The number of halogens is 1. The van der Waals surface area contributed by atoms with Crippen LogP contribution >= 0.6 is 11.6 Å². The molecule has 1 aromatic rings. The van der Waals surface area contributed by atoms with Crippen molar-refractivity contribution < 1.29 is 23.8 Å². The van der Waals surface area contributed by atoms with Crippen LogP contribution in [0.3, 0.4) is 0 Å². The van der Waals surface area contributed by atoms with Gasteiger partial charge in [0.15, 0.2) is 6.29 Å². The molecule has 1 atom stereocenters. The van der Waals surface area contributed by atoms with E-state index in [0.717, 1.165) is 5.56 Å². The summed E-state index contributed by atoms with van der Waals surface area (Å²) in [6.07, 6.45) is -0.154. The molecular formula is C16H23ClN2O5. The molecule has 0 saturated heterocycles. The summed E-state index contributed by atoms with van der Waals surface area (Å²) in [5.74, 6) is -0.853. The lowest BCUT2D eigenvalue weighted by atomic mass is 10.1. The van der Waals surface area contributed by atoms with E-state index in [1.165, 1.54) is 21.3 Å². The zero-order valence-electron chi connectivity index (χ0n) is 14.0. The maximum atomic E-state index is 12.0. The molecule has 0 fully saturated rings. The highest BCUT2D eigenvalue weighted by Gasteiger charge is 2.22. The largest absolute Gasteiger partial charge is 0.467 e. The predicted molar refractivity (Wildman–Crippen MR) is 89.8 cm³/mol. The van der Waals surface area contributed by atoms with E-state index in [1.807, 2.05) is 6.07 Å². The smallest absolute Gasteiger partial charge is 0.328 e. The number of rotatable bonds is 10. The van der Waals surface area contributed by atoms with Gasteiger partial charge in [0.1, 0.15) is 6.04 Å². The quantitative estimate of drug-likeness (QED) is 0.474. The molecule has 1 rings (SSSR count). The monoisotopic (exact) mass is 358 g/mol. The number of carbonyl (C=O) groups excluding carboxylic acids is 2. The van der Waals surface area contributed by atoms with E-state index in [1.54, 1.807) is 18.2 Å².